The van der Waals surface area contributed by atoms with Gasteiger partial charge >= 0.3 is 10.2 Å². The molecule has 21 heteroatoms. The molecule has 2 aliphatic heterocycles. The average Bonchev–Trinajstić information content (AvgIpc) is 3.52. The molecule has 0 atom stereocenters. The standard InChI is InChI=1S/C29H29ClF5N9O5S/c1-2-21-25(41-7-9-42(10-8-41)27(47)24-22(45)14-36-16-37-24)28(48)44-29(39-26(40-44)17-5-11-49-12-6-17)43(21)15-23(46)38-20-4-3-18(13-19(20)30)50(31,32,33,34)35/h3-5,13-14,16,45H,2,6-12,15H2,1H3,(H,38,46). The van der Waals surface area contributed by atoms with Crippen molar-refractivity contribution in [3.8, 4) is 5.75 Å². The maximum absolute atomic E-state index is 14.1. The van der Waals surface area contributed by atoms with Gasteiger partial charge in [-0.05, 0) is 36.6 Å². The number of carbonyl (C=O) groups excluding carboxylic acids is 2. The second kappa shape index (κ2) is 12.2. The summed E-state index contributed by atoms with van der Waals surface area (Å²) >= 11 is 5.90. The third kappa shape index (κ3) is 6.94. The van der Waals surface area contributed by atoms with Crippen molar-refractivity contribution in [3.63, 3.8) is 0 Å². The van der Waals surface area contributed by atoms with Crippen LogP contribution in [0.1, 0.15) is 35.4 Å². The van der Waals surface area contributed by atoms with E-state index in [0.29, 0.717) is 37.0 Å². The second-order valence-corrected chi connectivity index (χ2v) is 14.3. The molecule has 2 N–H and O–H groups in total. The van der Waals surface area contributed by atoms with Crippen molar-refractivity contribution < 1.29 is 38.9 Å². The molecule has 0 unspecified atom stereocenters. The number of hydrogen-bond acceptors (Lipinski definition) is 10. The zero-order chi connectivity index (χ0) is 36.1. The van der Waals surface area contributed by atoms with Gasteiger partial charge in [-0.25, -0.2) is 9.97 Å². The minimum absolute atomic E-state index is 0.00329. The first-order valence-corrected chi connectivity index (χ1v) is 17.4. The fraction of sp³-hybridized carbons (Fsp3) is 0.345. The number of nitrogens with zero attached hydrogens (tertiary/aromatic N) is 8. The first kappa shape index (κ1) is 35.0. The lowest BCUT2D eigenvalue weighted by molar-refractivity contribution is -0.116. The molecule has 1 fully saturated rings. The van der Waals surface area contributed by atoms with E-state index in [-0.39, 0.29) is 79.2 Å². The highest BCUT2D eigenvalue weighted by atomic mass is 35.5. The van der Waals surface area contributed by atoms with Gasteiger partial charge < -0.3 is 29.5 Å². The fourth-order valence-electron chi connectivity index (χ4n) is 5.74. The molecule has 0 bridgehead atoms. The molecule has 0 spiro atoms. The Morgan fingerprint density at radius 2 is 1.86 bits per heavy atom. The van der Waals surface area contributed by atoms with E-state index in [1.54, 1.807) is 17.9 Å². The Labute approximate surface area is 284 Å². The van der Waals surface area contributed by atoms with Crippen LogP contribution in [0.2, 0.25) is 5.02 Å². The van der Waals surface area contributed by atoms with E-state index < -0.39 is 44.1 Å². The number of rotatable bonds is 8. The van der Waals surface area contributed by atoms with E-state index in [1.807, 2.05) is 0 Å². The van der Waals surface area contributed by atoms with Gasteiger partial charge in [-0.1, -0.05) is 44.0 Å². The number of aromatic nitrogens is 6. The lowest BCUT2D eigenvalue weighted by Crippen LogP contribution is -2.51. The van der Waals surface area contributed by atoms with Crippen LogP contribution < -0.4 is 15.8 Å². The van der Waals surface area contributed by atoms with Crippen LogP contribution in [0.5, 0.6) is 5.75 Å². The Bertz CT molecular complexity index is 2120. The van der Waals surface area contributed by atoms with Crippen LogP contribution in [0.3, 0.4) is 0 Å². The molecule has 268 valence electrons. The molecule has 1 saturated heterocycles. The summed E-state index contributed by atoms with van der Waals surface area (Å²) in [6, 6.07) is 0.823. The summed E-state index contributed by atoms with van der Waals surface area (Å²) in [5.74, 6) is -1.48. The largest absolute Gasteiger partial charge is 0.504 e. The van der Waals surface area contributed by atoms with Crippen LogP contribution in [0.4, 0.5) is 30.8 Å². The molecule has 2 aliphatic rings. The Balaban J connectivity index is 1.35. The number of fused-ring (bicyclic) bond motifs is 1. The molecular formula is C29H29ClF5N9O5S. The van der Waals surface area contributed by atoms with Crippen molar-refractivity contribution in [1.82, 2.24) is 34.0 Å². The number of carbonyl (C=O) groups is 2. The molecule has 50 heavy (non-hydrogen) atoms. The highest BCUT2D eigenvalue weighted by molar-refractivity contribution is 8.45. The average molecular weight is 746 g/mol. The van der Waals surface area contributed by atoms with E-state index in [2.05, 4.69) is 25.4 Å². The second-order valence-electron chi connectivity index (χ2n) is 11.4. The van der Waals surface area contributed by atoms with Gasteiger partial charge in [-0.15, -0.1) is 5.10 Å². The van der Waals surface area contributed by atoms with Crippen molar-refractivity contribution in [2.24, 2.45) is 0 Å². The summed E-state index contributed by atoms with van der Waals surface area (Å²) < 4.78 is 74.4. The van der Waals surface area contributed by atoms with Gasteiger partial charge in [0, 0.05) is 26.2 Å². The van der Waals surface area contributed by atoms with Gasteiger partial charge in [-0.3, -0.25) is 14.4 Å². The lowest BCUT2D eigenvalue weighted by atomic mass is 10.1. The molecule has 2 amide bonds. The first-order chi connectivity index (χ1) is 23.4. The topological polar surface area (TPSA) is 160 Å². The molecule has 0 aliphatic carbocycles. The Morgan fingerprint density at radius 1 is 1.12 bits per heavy atom. The number of anilines is 2. The van der Waals surface area contributed by atoms with Crippen molar-refractivity contribution in [3.05, 3.63) is 69.4 Å². The lowest BCUT2D eigenvalue weighted by Gasteiger charge is -2.40. The van der Waals surface area contributed by atoms with E-state index >= 15 is 0 Å². The van der Waals surface area contributed by atoms with E-state index in [1.165, 1.54) is 9.47 Å². The maximum atomic E-state index is 14.1. The van der Waals surface area contributed by atoms with Gasteiger partial charge in [0.15, 0.2) is 17.3 Å². The van der Waals surface area contributed by atoms with Crippen LogP contribution in [-0.4, -0.2) is 90.3 Å². The van der Waals surface area contributed by atoms with Crippen LogP contribution in [0.25, 0.3) is 11.4 Å². The van der Waals surface area contributed by atoms with E-state index in [4.69, 9.17) is 16.3 Å². The third-order valence-electron chi connectivity index (χ3n) is 8.15. The van der Waals surface area contributed by atoms with Crippen LogP contribution in [-0.2, 0) is 22.5 Å². The number of halogens is 6. The van der Waals surface area contributed by atoms with Gasteiger partial charge in [0.1, 0.15) is 23.5 Å². The van der Waals surface area contributed by atoms with Gasteiger partial charge in [-0.2, -0.15) is 9.50 Å². The third-order valence-corrected chi connectivity index (χ3v) is 9.61. The smallest absolute Gasteiger partial charge is 0.310 e. The Morgan fingerprint density at radius 3 is 2.48 bits per heavy atom. The number of benzene rings is 1. The Hall–Kier alpha value is -4.82. The zero-order valence-electron chi connectivity index (χ0n) is 26.2. The van der Waals surface area contributed by atoms with Gasteiger partial charge in [0.2, 0.25) is 11.7 Å². The Kier molecular flexibility index (Phi) is 8.54. The SMILES string of the molecule is CCc1c(N2CCN(C(=O)c3ncncc3O)CC2)c(=O)n2nc(C3=CCOCC3)nc2n1CC(=O)Nc1ccc(S(F)(F)(F)(F)F)cc1Cl. The van der Waals surface area contributed by atoms with E-state index in [0.717, 1.165) is 17.0 Å². The summed E-state index contributed by atoms with van der Waals surface area (Å²) in [4.78, 5) is 53.7. The number of nitrogens with one attached hydrogen (secondary N) is 1. The maximum Gasteiger partial charge on any atom is 0.310 e. The van der Waals surface area contributed by atoms with Crippen molar-refractivity contribution in [2.75, 3.05) is 49.6 Å². The summed E-state index contributed by atoms with van der Waals surface area (Å²) in [5.41, 5.74) is 0.211. The predicted octanol–water partition coefficient (Wildman–Crippen LogP) is 4.66. The molecule has 3 aromatic heterocycles. The minimum atomic E-state index is -10.0. The van der Waals surface area contributed by atoms with Gasteiger partial charge in [0.25, 0.3) is 11.5 Å². The number of piperazine rings is 1. The van der Waals surface area contributed by atoms with Crippen molar-refractivity contribution >= 4 is 56.4 Å². The van der Waals surface area contributed by atoms with Crippen molar-refractivity contribution in [1.29, 1.82) is 0 Å². The van der Waals surface area contributed by atoms with Crippen LogP contribution >= 0.6 is 21.8 Å². The monoisotopic (exact) mass is 745 g/mol. The predicted molar refractivity (Wildman–Crippen MR) is 173 cm³/mol. The normalized spacial score (nSPS) is 16.9. The molecule has 4 aromatic rings. The molecule has 1 aromatic carbocycles. The molecule has 5 heterocycles. The summed E-state index contributed by atoms with van der Waals surface area (Å²) in [7, 11) is -10.0. The van der Waals surface area contributed by atoms with Crippen molar-refractivity contribution in [2.45, 2.75) is 31.2 Å². The highest BCUT2D eigenvalue weighted by Gasteiger charge is 2.65. The summed E-state index contributed by atoms with van der Waals surface area (Å²) in [6.45, 7) is 2.57. The van der Waals surface area contributed by atoms with Gasteiger partial charge in [0.05, 0.1) is 35.8 Å². The number of amides is 2. The summed E-state index contributed by atoms with van der Waals surface area (Å²) in [6.07, 6.45) is 4.68. The molecule has 14 nitrogen and oxygen atoms in total. The molecule has 0 saturated carbocycles. The number of aromatic hydroxyl groups is 1. The number of ether oxygens (including phenoxy) is 1. The summed E-state index contributed by atoms with van der Waals surface area (Å²) in [5, 5.41) is 16.1. The fourth-order valence-corrected chi connectivity index (χ4v) is 6.69. The molecule has 0 radical (unpaired) electrons. The minimum Gasteiger partial charge on any atom is -0.504 e. The number of hydrogen-bond donors (Lipinski definition) is 2. The first-order valence-electron chi connectivity index (χ1n) is 15.1. The quantitative estimate of drug-likeness (QED) is 0.243. The van der Waals surface area contributed by atoms with Crippen LogP contribution in [0, 0.1) is 0 Å². The van der Waals surface area contributed by atoms with Crippen LogP contribution in [0.15, 0.2) is 46.5 Å². The van der Waals surface area contributed by atoms with E-state index in [9.17, 15) is 38.9 Å². The zero-order valence-corrected chi connectivity index (χ0v) is 27.7. The molecular weight excluding hydrogens is 717 g/mol. The highest BCUT2D eigenvalue weighted by Crippen LogP contribution is 3.02. The molecule has 6 rings (SSSR count).